The Morgan fingerprint density at radius 1 is 0.714 bits per heavy atom. The fourth-order valence-corrected chi connectivity index (χ4v) is 5.12. The number of allylic oxidation sites excluding steroid dienone is 2. The van der Waals surface area contributed by atoms with E-state index in [0.717, 1.165) is 33.6 Å². The summed E-state index contributed by atoms with van der Waals surface area (Å²) in [5.41, 5.74) is 6.03. The number of aliphatic hydroxyl groups is 1. The molecule has 0 saturated heterocycles. The molecule has 5 nitrogen and oxygen atoms in total. The Kier molecular flexibility index (Phi) is 12.9. The molecule has 0 fully saturated rings. The molecule has 0 aliphatic carbocycles. The molecule has 49 heavy (non-hydrogen) atoms. The van der Waals surface area contributed by atoms with Gasteiger partial charge in [0.25, 0.3) is 0 Å². The molecule has 0 aliphatic heterocycles. The van der Waals surface area contributed by atoms with Crippen LogP contribution in [0, 0.1) is 16.9 Å². The monoisotopic (exact) mass is 835 g/mol. The Hall–Kier alpha value is -3.73. The van der Waals surface area contributed by atoms with E-state index in [4.69, 9.17) is 4.98 Å². The van der Waals surface area contributed by atoms with Crippen molar-refractivity contribution in [3.05, 3.63) is 102 Å². The summed E-state index contributed by atoms with van der Waals surface area (Å²) in [5.74, 6) is 2.17. The maximum absolute atomic E-state index is 11.5. The van der Waals surface area contributed by atoms with Gasteiger partial charge in [-0.25, -0.2) is 9.97 Å². The molecular formula is C43H52IrN3O2-. The Balaban J connectivity index is 0.000000398. The summed E-state index contributed by atoms with van der Waals surface area (Å²) in [5, 5.41) is 14.3. The van der Waals surface area contributed by atoms with Crippen LogP contribution >= 0.6 is 0 Å². The Labute approximate surface area is 307 Å². The third kappa shape index (κ3) is 9.71. The number of hydrogen-bond donors (Lipinski definition) is 1. The van der Waals surface area contributed by atoms with Crippen LogP contribution in [0.4, 0.5) is 0 Å². The molecule has 6 heteroatoms. The normalized spacial score (nSPS) is 12.3. The van der Waals surface area contributed by atoms with E-state index in [1.807, 2.05) is 60.1 Å². The summed E-state index contributed by atoms with van der Waals surface area (Å²) < 4.78 is 0. The summed E-state index contributed by atoms with van der Waals surface area (Å²) in [4.78, 5) is 25.4. The van der Waals surface area contributed by atoms with Crippen molar-refractivity contribution in [1.29, 1.82) is 0 Å². The molecule has 1 radical (unpaired) electrons. The van der Waals surface area contributed by atoms with Gasteiger partial charge < -0.3 is 10.1 Å². The first-order valence-electron chi connectivity index (χ1n) is 17.0. The number of rotatable bonds is 6. The smallest absolute Gasteiger partial charge is 0.164 e. The number of pyridine rings is 1. The number of nitrogens with zero attached hydrogens (tertiary/aromatic N) is 3. The average Bonchev–Trinajstić information content (AvgIpc) is 3.03. The van der Waals surface area contributed by atoms with Gasteiger partial charge >= 0.3 is 0 Å². The van der Waals surface area contributed by atoms with Gasteiger partial charge in [-0.2, -0.15) is 0 Å². The largest absolute Gasteiger partial charge is 0.512 e. The predicted octanol–water partition coefficient (Wildman–Crippen LogP) is 11.8. The summed E-state index contributed by atoms with van der Waals surface area (Å²) in [6.07, 6.45) is 7.11. The van der Waals surface area contributed by atoms with E-state index in [2.05, 4.69) is 106 Å². The first-order chi connectivity index (χ1) is 22.4. The number of ketones is 1. The Morgan fingerprint density at radius 3 is 1.90 bits per heavy atom. The van der Waals surface area contributed by atoms with Gasteiger partial charge in [0.1, 0.15) is 11.6 Å². The predicted molar refractivity (Wildman–Crippen MR) is 201 cm³/mol. The quantitative estimate of drug-likeness (QED) is 0.0798. The van der Waals surface area contributed by atoms with Gasteiger partial charge in [0, 0.05) is 67.1 Å². The number of carbonyl (C=O) groups is 1. The van der Waals surface area contributed by atoms with Gasteiger partial charge in [0.15, 0.2) is 5.78 Å². The van der Waals surface area contributed by atoms with Crippen molar-refractivity contribution in [1.82, 2.24) is 15.0 Å². The number of fused-ring (bicyclic) bond motifs is 3. The number of aliphatic hydroxyl groups excluding tert-OH is 1. The average molecular weight is 835 g/mol. The van der Waals surface area contributed by atoms with Crippen LogP contribution in [0.1, 0.15) is 118 Å². The molecule has 1 N–H and O–H groups in total. The Morgan fingerprint density at radius 2 is 1.35 bits per heavy atom. The minimum atomic E-state index is -0.417. The van der Waals surface area contributed by atoms with Crippen LogP contribution in [0.5, 0.6) is 0 Å². The minimum Gasteiger partial charge on any atom is -0.512 e. The van der Waals surface area contributed by atoms with Crippen LogP contribution in [-0.2, 0) is 24.9 Å². The summed E-state index contributed by atoms with van der Waals surface area (Å²) in [7, 11) is 0. The maximum Gasteiger partial charge on any atom is 0.164 e. The SMILES string of the molecule is CC(C)(C)C(=O)/C=C(\O)C(C)(C)C.CC(C)c1[c-]c(-c2nccc3c2ccc2cc(-c4cnc(C(C)C)nc4)ccc23)cc(C(C)C)c1.[Ir]. The van der Waals surface area contributed by atoms with Crippen molar-refractivity contribution in [3.63, 3.8) is 0 Å². The van der Waals surface area contributed by atoms with Gasteiger partial charge in [0.05, 0.1) is 0 Å². The summed E-state index contributed by atoms with van der Waals surface area (Å²) in [6.45, 7) is 24.3. The molecule has 0 unspecified atom stereocenters. The zero-order chi connectivity index (χ0) is 35.6. The van der Waals surface area contributed by atoms with Crippen LogP contribution in [0.15, 0.2) is 79.0 Å². The van der Waals surface area contributed by atoms with Crippen LogP contribution in [0.2, 0.25) is 0 Å². The van der Waals surface area contributed by atoms with Crippen molar-refractivity contribution >= 4 is 27.3 Å². The molecular weight excluding hydrogens is 783 g/mol. The topological polar surface area (TPSA) is 76.0 Å². The van der Waals surface area contributed by atoms with Gasteiger partial charge in [-0.15, -0.1) is 34.9 Å². The van der Waals surface area contributed by atoms with Crippen molar-refractivity contribution in [3.8, 4) is 22.4 Å². The fourth-order valence-electron chi connectivity index (χ4n) is 5.12. The standard InChI is InChI=1S/C32H32N3.C11H20O2.Ir/c1-19(2)24-14-25(20(3)4)16-26(15-24)31-30-10-8-23-13-22(7-9-28(23)29(30)11-12-33-31)27-17-34-32(21(5)6)35-18-27;1-10(2,3)8(12)7-9(13)11(4,5)6;/h7-15,17-21H,1-6H3;7,12H,1-6H3;/q-1;;/b;8-7-;. The summed E-state index contributed by atoms with van der Waals surface area (Å²) in [6, 6.07) is 21.3. The zero-order valence-electron chi connectivity index (χ0n) is 31.2. The number of benzene rings is 3. The minimum absolute atomic E-state index is 0. The van der Waals surface area contributed by atoms with Crippen LogP contribution in [-0.4, -0.2) is 25.8 Å². The number of aromatic nitrogens is 3. The van der Waals surface area contributed by atoms with E-state index >= 15 is 0 Å². The molecule has 0 atom stereocenters. The van der Waals surface area contributed by atoms with E-state index in [9.17, 15) is 9.90 Å². The fraction of sp³-hybridized carbons (Fsp3) is 0.395. The Bertz CT molecular complexity index is 1920. The molecule has 0 saturated carbocycles. The molecule has 0 aliphatic rings. The molecule has 5 rings (SSSR count). The number of hydrogen-bond acceptors (Lipinski definition) is 5. The van der Waals surface area contributed by atoms with E-state index in [0.29, 0.717) is 17.8 Å². The van der Waals surface area contributed by atoms with Crippen LogP contribution < -0.4 is 0 Å². The van der Waals surface area contributed by atoms with Crippen molar-refractivity contribution < 1.29 is 30.0 Å². The molecule has 261 valence electrons. The van der Waals surface area contributed by atoms with E-state index in [1.54, 1.807) is 0 Å². The van der Waals surface area contributed by atoms with E-state index in [-0.39, 0.29) is 37.1 Å². The van der Waals surface area contributed by atoms with Crippen LogP contribution in [0.25, 0.3) is 43.9 Å². The summed E-state index contributed by atoms with van der Waals surface area (Å²) >= 11 is 0. The third-order valence-electron chi connectivity index (χ3n) is 8.51. The maximum atomic E-state index is 11.5. The van der Waals surface area contributed by atoms with Gasteiger partial charge in [0.2, 0.25) is 0 Å². The molecule has 3 aromatic carbocycles. The molecule has 2 heterocycles. The van der Waals surface area contributed by atoms with Crippen molar-refractivity contribution in [2.75, 3.05) is 0 Å². The second-order valence-corrected chi connectivity index (χ2v) is 15.7. The van der Waals surface area contributed by atoms with Gasteiger partial charge in [-0.3, -0.25) is 4.79 Å². The molecule has 2 aromatic heterocycles. The molecule has 0 spiro atoms. The second kappa shape index (κ2) is 15.9. The zero-order valence-corrected chi connectivity index (χ0v) is 33.6. The third-order valence-corrected chi connectivity index (χ3v) is 8.51. The number of carbonyl (C=O) groups excluding carboxylic acids is 1. The molecule has 5 aromatic rings. The molecule has 0 amide bonds. The van der Waals surface area contributed by atoms with E-state index < -0.39 is 5.41 Å². The van der Waals surface area contributed by atoms with Crippen molar-refractivity contribution in [2.24, 2.45) is 10.8 Å². The van der Waals surface area contributed by atoms with Crippen molar-refractivity contribution in [2.45, 2.75) is 101 Å². The van der Waals surface area contributed by atoms with Crippen LogP contribution in [0.3, 0.4) is 0 Å². The molecule has 0 bridgehead atoms. The van der Waals surface area contributed by atoms with Gasteiger partial charge in [-0.1, -0.05) is 107 Å². The first-order valence-corrected chi connectivity index (χ1v) is 17.0. The first kappa shape index (κ1) is 39.7. The van der Waals surface area contributed by atoms with E-state index in [1.165, 1.54) is 33.4 Å². The second-order valence-electron chi connectivity index (χ2n) is 15.7. The van der Waals surface area contributed by atoms with Gasteiger partial charge in [-0.05, 0) is 56.8 Å².